The molecule has 17 heavy (non-hydrogen) atoms. The Kier molecular flexibility index (Phi) is 5.53. The lowest BCUT2D eigenvalue weighted by atomic mass is 10.1. The van der Waals surface area contributed by atoms with Gasteiger partial charge in [-0.2, -0.15) is 0 Å². The van der Waals surface area contributed by atoms with Gasteiger partial charge in [0, 0.05) is 0 Å². The molecular weight excluding hydrogens is 208 g/mol. The molecule has 1 heterocycles. The van der Waals surface area contributed by atoms with Crippen LogP contribution in [-0.4, -0.2) is 37.6 Å². The Bertz CT molecular complexity index is 289. The lowest BCUT2D eigenvalue weighted by Gasteiger charge is -2.24. The number of aryl methyl sites for hydroxylation is 1. The smallest absolute Gasteiger partial charge is 0.000663 e. The minimum atomic E-state index is 1.19. The van der Waals surface area contributed by atoms with E-state index in [9.17, 15) is 0 Å². The summed E-state index contributed by atoms with van der Waals surface area (Å²) < 4.78 is 0. The standard InChI is InChI=1S/C15H24N2/c1-2-7-15(8-3-1)9-4-12-17-13-5-10-16-11-6-14-17/h1-3,7-8,16H,4-6,9-14H2. The Balaban J connectivity index is 1.66. The minimum Gasteiger partial charge on any atom is -0.317 e. The number of nitrogens with zero attached hydrogens (tertiary/aromatic N) is 1. The molecule has 0 atom stereocenters. The van der Waals surface area contributed by atoms with E-state index in [1.165, 1.54) is 64.0 Å². The van der Waals surface area contributed by atoms with Crippen LogP contribution in [-0.2, 0) is 6.42 Å². The summed E-state index contributed by atoms with van der Waals surface area (Å²) in [5, 5.41) is 3.46. The number of hydrogen-bond donors (Lipinski definition) is 1. The summed E-state index contributed by atoms with van der Waals surface area (Å²) in [6.45, 7) is 6.17. The zero-order chi connectivity index (χ0) is 11.8. The molecule has 0 unspecified atom stereocenters. The third-order valence-electron chi connectivity index (χ3n) is 3.44. The van der Waals surface area contributed by atoms with E-state index in [0.29, 0.717) is 0 Å². The highest BCUT2D eigenvalue weighted by atomic mass is 15.1. The predicted molar refractivity (Wildman–Crippen MR) is 73.3 cm³/mol. The van der Waals surface area contributed by atoms with E-state index in [2.05, 4.69) is 40.5 Å². The van der Waals surface area contributed by atoms with Gasteiger partial charge in [-0.25, -0.2) is 0 Å². The Morgan fingerprint density at radius 3 is 2.41 bits per heavy atom. The molecule has 1 aromatic rings. The average Bonchev–Trinajstić information content (AvgIpc) is 2.33. The van der Waals surface area contributed by atoms with Gasteiger partial charge >= 0.3 is 0 Å². The van der Waals surface area contributed by atoms with Crippen LogP contribution in [0.2, 0.25) is 0 Å². The Labute approximate surface area is 105 Å². The van der Waals surface area contributed by atoms with Gasteiger partial charge in [0.15, 0.2) is 0 Å². The maximum atomic E-state index is 3.46. The molecule has 0 radical (unpaired) electrons. The van der Waals surface area contributed by atoms with Gasteiger partial charge in [0.2, 0.25) is 0 Å². The molecule has 0 aliphatic carbocycles. The molecule has 94 valence electrons. The molecular formula is C15H24N2. The fourth-order valence-electron chi connectivity index (χ4n) is 2.47. The Morgan fingerprint density at radius 1 is 1.00 bits per heavy atom. The molecule has 2 heteroatoms. The van der Waals surface area contributed by atoms with Crippen molar-refractivity contribution in [2.75, 3.05) is 32.7 Å². The van der Waals surface area contributed by atoms with E-state index >= 15 is 0 Å². The second-order valence-electron chi connectivity index (χ2n) is 4.89. The van der Waals surface area contributed by atoms with E-state index < -0.39 is 0 Å². The van der Waals surface area contributed by atoms with Crippen LogP contribution < -0.4 is 5.32 Å². The molecule has 0 amide bonds. The molecule has 1 N–H and O–H groups in total. The lowest BCUT2D eigenvalue weighted by Crippen LogP contribution is -2.34. The summed E-state index contributed by atoms with van der Waals surface area (Å²) in [5.41, 5.74) is 1.47. The highest BCUT2D eigenvalue weighted by Gasteiger charge is 2.06. The molecule has 0 saturated carbocycles. The van der Waals surface area contributed by atoms with Crippen LogP contribution in [0.1, 0.15) is 24.8 Å². The second-order valence-corrected chi connectivity index (χ2v) is 4.89. The predicted octanol–water partition coefficient (Wildman–Crippen LogP) is 2.30. The van der Waals surface area contributed by atoms with E-state index in [1.54, 1.807) is 0 Å². The molecule has 1 aliphatic rings. The molecule has 1 saturated heterocycles. The van der Waals surface area contributed by atoms with Crippen molar-refractivity contribution in [1.29, 1.82) is 0 Å². The van der Waals surface area contributed by atoms with Crippen LogP contribution >= 0.6 is 0 Å². The van der Waals surface area contributed by atoms with Gasteiger partial charge in [0.1, 0.15) is 0 Å². The van der Waals surface area contributed by atoms with Crippen molar-refractivity contribution in [1.82, 2.24) is 10.2 Å². The largest absolute Gasteiger partial charge is 0.317 e. The minimum absolute atomic E-state index is 1.19. The van der Waals surface area contributed by atoms with Gasteiger partial charge in [-0.05, 0) is 64.0 Å². The Hall–Kier alpha value is -0.860. The number of hydrogen-bond acceptors (Lipinski definition) is 2. The van der Waals surface area contributed by atoms with Crippen molar-refractivity contribution in [2.24, 2.45) is 0 Å². The average molecular weight is 232 g/mol. The van der Waals surface area contributed by atoms with Crippen molar-refractivity contribution < 1.29 is 0 Å². The third kappa shape index (κ3) is 4.88. The molecule has 1 aromatic carbocycles. The number of benzene rings is 1. The third-order valence-corrected chi connectivity index (χ3v) is 3.44. The second kappa shape index (κ2) is 7.46. The van der Waals surface area contributed by atoms with Crippen molar-refractivity contribution in [3.05, 3.63) is 35.9 Å². The molecule has 1 fully saturated rings. The summed E-state index contributed by atoms with van der Waals surface area (Å²) in [4.78, 5) is 2.63. The van der Waals surface area contributed by atoms with E-state index in [-0.39, 0.29) is 0 Å². The highest BCUT2D eigenvalue weighted by Crippen LogP contribution is 2.05. The Morgan fingerprint density at radius 2 is 1.71 bits per heavy atom. The van der Waals surface area contributed by atoms with Crippen LogP contribution in [0.15, 0.2) is 30.3 Å². The number of nitrogens with one attached hydrogen (secondary N) is 1. The van der Waals surface area contributed by atoms with Crippen molar-refractivity contribution in [2.45, 2.75) is 25.7 Å². The molecule has 0 spiro atoms. The summed E-state index contributed by atoms with van der Waals surface area (Å²) in [7, 11) is 0. The van der Waals surface area contributed by atoms with Gasteiger partial charge in [0.05, 0.1) is 0 Å². The summed E-state index contributed by atoms with van der Waals surface area (Å²) in [5.74, 6) is 0. The van der Waals surface area contributed by atoms with Gasteiger partial charge in [0.25, 0.3) is 0 Å². The van der Waals surface area contributed by atoms with Crippen molar-refractivity contribution in [3.8, 4) is 0 Å². The fourth-order valence-corrected chi connectivity index (χ4v) is 2.47. The normalized spacial score (nSPS) is 18.6. The number of rotatable bonds is 4. The van der Waals surface area contributed by atoms with Crippen LogP contribution in [0.3, 0.4) is 0 Å². The topological polar surface area (TPSA) is 15.3 Å². The van der Waals surface area contributed by atoms with Gasteiger partial charge in [-0.3, -0.25) is 0 Å². The molecule has 2 rings (SSSR count). The first-order chi connectivity index (χ1) is 8.45. The first kappa shape index (κ1) is 12.6. The van der Waals surface area contributed by atoms with Crippen molar-refractivity contribution in [3.63, 3.8) is 0 Å². The zero-order valence-corrected chi connectivity index (χ0v) is 10.7. The molecule has 1 aliphatic heterocycles. The van der Waals surface area contributed by atoms with Crippen LogP contribution in [0, 0.1) is 0 Å². The maximum Gasteiger partial charge on any atom is -0.000663 e. The van der Waals surface area contributed by atoms with Gasteiger partial charge in [-0.15, -0.1) is 0 Å². The van der Waals surface area contributed by atoms with Crippen LogP contribution in [0.5, 0.6) is 0 Å². The molecule has 2 nitrogen and oxygen atoms in total. The van der Waals surface area contributed by atoms with E-state index in [0.717, 1.165) is 0 Å². The molecule has 0 aromatic heterocycles. The summed E-state index contributed by atoms with van der Waals surface area (Å²) in [6, 6.07) is 10.8. The maximum absolute atomic E-state index is 3.46. The highest BCUT2D eigenvalue weighted by molar-refractivity contribution is 5.14. The van der Waals surface area contributed by atoms with Crippen molar-refractivity contribution >= 4 is 0 Å². The lowest BCUT2D eigenvalue weighted by molar-refractivity contribution is 0.250. The summed E-state index contributed by atoms with van der Waals surface area (Å²) >= 11 is 0. The fraction of sp³-hybridized carbons (Fsp3) is 0.600. The first-order valence-corrected chi connectivity index (χ1v) is 6.92. The van der Waals surface area contributed by atoms with Gasteiger partial charge < -0.3 is 10.2 Å². The van der Waals surface area contributed by atoms with Crippen LogP contribution in [0.4, 0.5) is 0 Å². The first-order valence-electron chi connectivity index (χ1n) is 6.92. The monoisotopic (exact) mass is 232 g/mol. The van der Waals surface area contributed by atoms with E-state index in [1.807, 2.05) is 0 Å². The quantitative estimate of drug-likeness (QED) is 0.857. The van der Waals surface area contributed by atoms with Gasteiger partial charge in [-0.1, -0.05) is 30.3 Å². The SMILES string of the molecule is c1ccc(CCCN2CCCNCCC2)cc1. The molecule has 0 bridgehead atoms. The van der Waals surface area contributed by atoms with Crippen LogP contribution in [0.25, 0.3) is 0 Å². The zero-order valence-electron chi connectivity index (χ0n) is 10.7. The van der Waals surface area contributed by atoms with E-state index in [4.69, 9.17) is 0 Å². The summed E-state index contributed by atoms with van der Waals surface area (Å²) in [6.07, 6.45) is 5.10.